The third-order valence-corrected chi connectivity index (χ3v) is 5.58. The number of hydrogen-bond donors (Lipinski definition) is 2. The highest BCUT2D eigenvalue weighted by molar-refractivity contribution is 6.04. The highest BCUT2D eigenvalue weighted by atomic mass is 16.5. The van der Waals surface area contributed by atoms with Crippen molar-refractivity contribution >= 4 is 11.7 Å². The van der Waals surface area contributed by atoms with Gasteiger partial charge in [0.15, 0.2) is 11.6 Å². The van der Waals surface area contributed by atoms with Crippen LogP contribution in [-0.4, -0.2) is 49.5 Å². The fourth-order valence-electron chi connectivity index (χ4n) is 3.49. The molecule has 2 N–H and O–H groups in total. The fourth-order valence-corrected chi connectivity index (χ4v) is 3.49. The molecular weight excluding hydrogens is 346 g/mol. The average molecular weight is 371 g/mol. The zero-order valence-electron chi connectivity index (χ0n) is 15.5. The monoisotopic (exact) mass is 371 g/mol. The first-order valence-electron chi connectivity index (χ1n) is 9.44. The van der Waals surface area contributed by atoms with Crippen LogP contribution in [0.5, 0.6) is 5.75 Å². The molecule has 0 atom stereocenters. The molecule has 2 fully saturated rings. The van der Waals surface area contributed by atoms with E-state index in [1.54, 1.807) is 7.11 Å². The number of amides is 1. The van der Waals surface area contributed by atoms with Gasteiger partial charge in [0.05, 0.1) is 13.7 Å². The van der Waals surface area contributed by atoms with Crippen molar-refractivity contribution in [3.8, 4) is 17.1 Å². The summed E-state index contributed by atoms with van der Waals surface area (Å²) >= 11 is 0. The molecule has 27 heavy (non-hydrogen) atoms. The number of nitrogens with zero attached hydrogens (tertiary/aromatic N) is 2. The average Bonchev–Trinajstić information content (AvgIpc) is 3.09. The molecule has 0 spiro atoms. The first kappa shape index (κ1) is 17.9. The zero-order chi connectivity index (χ0) is 18.9. The summed E-state index contributed by atoms with van der Waals surface area (Å²) in [6.07, 6.45) is 4.05. The Balaban J connectivity index is 1.64. The molecule has 1 aromatic heterocycles. The first-order valence-corrected chi connectivity index (χ1v) is 9.44. The minimum Gasteiger partial charge on any atom is -0.497 e. The second kappa shape index (κ2) is 7.23. The number of aromatic nitrogens is 1. The molecule has 0 radical (unpaired) electrons. The smallest absolute Gasteiger partial charge is 0.259 e. The van der Waals surface area contributed by atoms with Gasteiger partial charge < -0.3 is 24.6 Å². The van der Waals surface area contributed by atoms with E-state index in [9.17, 15) is 9.90 Å². The third-order valence-electron chi connectivity index (χ3n) is 5.58. The Morgan fingerprint density at radius 2 is 2.00 bits per heavy atom. The van der Waals surface area contributed by atoms with Gasteiger partial charge in [0.25, 0.3) is 5.91 Å². The van der Waals surface area contributed by atoms with Crippen LogP contribution in [0.2, 0.25) is 0 Å². The zero-order valence-corrected chi connectivity index (χ0v) is 15.5. The number of methoxy groups -OCH3 is 1. The van der Waals surface area contributed by atoms with Gasteiger partial charge in [0.2, 0.25) is 0 Å². The van der Waals surface area contributed by atoms with E-state index in [-0.39, 0.29) is 17.9 Å². The van der Waals surface area contributed by atoms with Crippen molar-refractivity contribution in [1.82, 2.24) is 10.5 Å². The number of aliphatic hydroxyl groups is 1. The van der Waals surface area contributed by atoms with Crippen LogP contribution < -0.4 is 15.0 Å². The summed E-state index contributed by atoms with van der Waals surface area (Å²) in [5, 5.41) is 16.7. The van der Waals surface area contributed by atoms with E-state index >= 15 is 0 Å². The molecule has 0 unspecified atom stereocenters. The predicted molar refractivity (Wildman–Crippen MR) is 101 cm³/mol. The number of carbonyl (C=O) groups excluding carboxylic acids is 1. The molecule has 7 heteroatoms. The molecular formula is C20H25N3O4. The van der Waals surface area contributed by atoms with E-state index in [1.807, 2.05) is 24.3 Å². The molecule has 1 saturated heterocycles. The van der Waals surface area contributed by atoms with Gasteiger partial charge in [-0.25, -0.2) is 0 Å². The van der Waals surface area contributed by atoms with Crippen molar-refractivity contribution < 1.29 is 19.2 Å². The lowest BCUT2D eigenvalue weighted by Crippen LogP contribution is -2.33. The molecule has 2 heterocycles. The lowest BCUT2D eigenvalue weighted by atomic mass is 10.1. The highest BCUT2D eigenvalue weighted by Crippen LogP contribution is 2.44. The molecule has 1 aliphatic carbocycles. The number of carbonyl (C=O) groups is 1. The summed E-state index contributed by atoms with van der Waals surface area (Å²) in [5.74, 6) is 1.60. The Bertz CT molecular complexity index is 805. The maximum atomic E-state index is 13.0. The van der Waals surface area contributed by atoms with E-state index in [1.165, 1.54) is 0 Å². The van der Waals surface area contributed by atoms with Crippen molar-refractivity contribution in [3.05, 3.63) is 29.8 Å². The lowest BCUT2D eigenvalue weighted by Gasteiger charge is -2.17. The standard InChI is InChI=1S/C20H25N3O4/c1-26-15-6-4-14(5-7-15)17-16(18(22-27-17)23-10-2-3-11-23)19(25)21-12-20(13-24)8-9-20/h4-7,24H,2-3,8-13H2,1H3,(H,21,25). The summed E-state index contributed by atoms with van der Waals surface area (Å²) < 4.78 is 10.8. The fraction of sp³-hybridized carbons (Fsp3) is 0.500. The molecule has 2 aliphatic rings. The van der Waals surface area contributed by atoms with E-state index < -0.39 is 0 Å². The van der Waals surface area contributed by atoms with Crippen molar-refractivity contribution in [2.75, 3.05) is 38.3 Å². The molecule has 0 bridgehead atoms. The van der Waals surface area contributed by atoms with Crippen LogP contribution in [0.25, 0.3) is 11.3 Å². The topological polar surface area (TPSA) is 87.8 Å². The van der Waals surface area contributed by atoms with E-state index in [2.05, 4.69) is 15.4 Å². The molecule has 4 rings (SSSR count). The van der Waals surface area contributed by atoms with Gasteiger partial charge in [-0.1, -0.05) is 5.16 Å². The molecule has 144 valence electrons. The van der Waals surface area contributed by atoms with Crippen LogP contribution in [0.15, 0.2) is 28.8 Å². The number of anilines is 1. The Labute approximate surface area is 158 Å². The number of rotatable bonds is 7. The number of ether oxygens (including phenoxy) is 1. The SMILES string of the molecule is COc1ccc(-c2onc(N3CCCC3)c2C(=O)NCC2(CO)CC2)cc1. The summed E-state index contributed by atoms with van der Waals surface area (Å²) in [7, 11) is 1.61. The van der Waals surface area contributed by atoms with Crippen LogP contribution >= 0.6 is 0 Å². The number of hydrogen-bond acceptors (Lipinski definition) is 6. The van der Waals surface area contributed by atoms with E-state index in [0.29, 0.717) is 23.7 Å². The van der Waals surface area contributed by atoms with Crippen molar-refractivity contribution in [3.63, 3.8) is 0 Å². The summed E-state index contributed by atoms with van der Waals surface area (Å²) in [4.78, 5) is 15.1. The number of nitrogens with one attached hydrogen (secondary N) is 1. The predicted octanol–water partition coefficient (Wildman–Crippen LogP) is 2.45. The third kappa shape index (κ3) is 3.51. The number of benzene rings is 1. The maximum Gasteiger partial charge on any atom is 0.259 e. The van der Waals surface area contributed by atoms with Crippen LogP contribution in [0.3, 0.4) is 0 Å². The second-order valence-corrected chi connectivity index (χ2v) is 7.47. The summed E-state index contributed by atoms with van der Waals surface area (Å²) in [5.41, 5.74) is 1.10. The Morgan fingerprint density at radius 3 is 2.59 bits per heavy atom. The summed E-state index contributed by atoms with van der Waals surface area (Å²) in [6, 6.07) is 7.39. The largest absolute Gasteiger partial charge is 0.497 e. The van der Waals surface area contributed by atoms with Crippen LogP contribution in [0, 0.1) is 5.41 Å². The minimum atomic E-state index is -0.205. The van der Waals surface area contributed by atoms with Gasteiger partial charge >= 0.3 is 0 Å². The molecule has 1 amide bonds. The van der Waals surface area contributed by atoms with Gasteiger partial charge in [-0.2, -0.15) is 0 Å². The Morgan fingerprint density at radius 1 is 1.30 bits per heavy atom. The van der Waals surface area contributed by atoms with Crippen molar-refractivity contribution in [1.29, 1.82) is 0 Å². The molecule has 1 saturated carbocycles. The molecule has 2 aromatic rings. The van der Waals surface area contributed by atoms with Crippen LogP contribution in [-0.2, 0) is 0 Å². The quantitative estimate of drug-likeness (QED) is 0.777. The van der Waals surface area contributed by atoms with Crippen molar-refractivity contribution in [2.24, 2.45) is 5.41 Å². The van der Waals surface area contributed by atoms with Gasteiger partial charge in [-0.15, -0.1) is 0 Å². The normalized spacial score (nSPS) is 17.8. The number of aliphatic hydroxyl groups excluding tert-OH is 1. The Hall–Kier alpha value is -2.54. The lowest BCUT2D eigenvalue weighted by molar-refractivity contribution is 0.0936. The van der Waals surface area contributed by atoms with E-state index in [4.69, 9.17) is 9.26 Å². The molecule has 1 aromatic carbocycles. The van der Waals surface area contributed by atoms with Gasteiger partial charge in [0, 0.05) is 30.6 Å². The van der Waals surface area contributed by atoms with Gasteiger partial charge in [-0.3, -0.25) is 4.79 Å². The van der Waals surface area contributed by atoms with Crippen molar-refractivity contribution in [2.45, 2.75) is 25.7 Å². The van der Waals surface area contributed by atoms with Gasteiger partial charge in [-0.05, 0) is 49.9 Å². The Kier molecular flexibility index (Phi) is 4.78. The highest BCUT2D eigenvalue weighted by Gasteiger charge is 2.42. The molecule has 7 nitrogen and oxygen atoms in total. The minimum absolute atomic E-state index is 0.0984. The summed E-state index contributed by atoms with van der Waals surface area (Å²) in [6.45, 7) is 2.31. The van der Waals surface area contributed by atoms with Crippen LogP contribution in [0.4, 0.5) is 5.82 Å². The van der Waals surface area contributed by atoms with E-state index in [0.717, 1.165) is 50.1 Å². The maximum absolute atomic E-state index is 13.0. The first-order chi connectivity index (χ1) is 13.2. The van der Waals surface area contributed by atoms with Gasteiger partial charge in [0.1, 0.15) is 11.3 Å². The van der Waals surface area contributed by atoms with Crippen LogP contribution in [0.1, 0.15) is 36.0 Å². The molecule has 1 aliphatic heterocycles. The second-order valence-electron chi connectivity index (χ2n) is 7.47.